The Morgan fingerprint density at radius 2 is 2.40 bits per heavy atom. The molecule has 0 amide bonds. The summed E-state index contributed by atoms with van der Waals surface area (Å²) in [5.41, 5.74) is 1.41. The van der Waals surface area contributed by atoms with Crippen LogP contribution >= 0.6 is 11.6 Å². The Morgan fingerprint density at radius 3 is 3.07 bits per heavy atom. The van der Waals surface area contributed by atoms with Crippen LogP contribution in [0.2, 0.25) is 5.02 Å². The maximum absolute atomic E-state index is 8.92. The minimum atomic E-state index is 0.288. The molecule has 0 aromatic heterocycles. The van der Waals surface area contributed by atoms with E-state index >= 15 is 0 Å². The number of nitrogens with one attached hydrogen (secondary N) is 1. The average molecular weight is 223 g/mol. The molecule has 0 spiro atoms. The third kappa shape index (κ3) is 2.41. The standard InChI is InChI=1S/C11H11ClN2O/c12-9-2-1-8(6-13)11(5-9)14-10-3-4-15-7-10/h1-2,5,10,14H,3-4,7H2. The quantitative estimate of drug-likeness (QED) is 0.836. The summed E-state index contributed by atoms with van der Waals surface area (Å²) in [5, 5.41) is 12.8. The van der Waals surface area contributed by atoms with E-state index in [-0.39, 0.29) is 6.04 Å². The molecule has 1 aromatic rings. The second-order valence-corrected chi connectivity index (χ2v) is 3.94. The van der Waals surface area contributed by atoms with Gasteiger partial charge in [-0.3, -0.25) is 0 Å². The van der Waals surface area contributed by atoms with Gasteiger partial charge in [0.15, 0.2) is 0 Å². The minimum absolute atomic E-state index is 0.288. The van der Waals surface area contributed by atoms with Gasteiger partial charge in [0.05, 0.1) is 23.9 Å². The summed E-state index contributed by atoms with van der Waals surface area (Å²) in [6.45, 7) is 1.47. The lowest BCUT2D eigenvalue weighted by Gasteiger charge is -2.13. The van der Waals surface area contributed by atoms with Crippen molar-refractivity contribution in [2.75, 3.05) is 18.5 Å². The fourth-order valence-electron chi connectivity index (χ4n) is 1.60. The molecule has 1 aliphatic heterocycles. The molecule has 3 nitrogen and oxygen atoms in total. The van der Waals surface area contributed by atoms with Crippen molar-refractivity contribution >= 4 is 17.3 Å². The lowest BCUT2D eigenvalue weighted by atomic mass is 10.1. The Bertz CT molecular complexity index is 394. The number of rotatable bonds is 2. The van der Waals surface area contributed by atoms with Gasteiger partial charge in [-0.1, -0.05) is 11.6 Å². The first-order valence-electron chi connectivity index (χ1n) is 4.83. The molecule has 4 heteroatoms. The monoisotopic (exact) mass is 222 g/mol. The van der Waals surface area contributed by atoms with Crippen molar-refractivity contribution in [3.63, 3.8) is 0 Å². The predicted octanol–water partition coefficient (Wildman–Crippen LogP) is 2.41. The zero-order chi connectivity index (χ0) is 10.7. The number of benzene rings is 1. The smallest absolute Gasteiger partial charge is 0.101 e. The van der Waals surface area contributed by atoms with Gasteiger partial charge in [-0.25, -0.2) is 0 Å². The Labute approximate surface area is 93.6 Å². The summed E-state index contributed by atoms with van der Waals surface area (Å²) in [6, 6.07) is 7.64. The Morgan fingerprint density at radius 1 is 1.53 bits per heavy atom. The zero-order valence-electron chi connectivity index (χ0n) is 8.16. The van der Waals surface area contributed by atoms with Gasteiger partial charge in [0.25, 0.3) is 0 Å². The summed E-state index contributed by atoms with van der Waals surface area (Å²) in [7, 11) is 0. The number of hydrogen-bond acceptors (Lipinski definition) is 3. The third-order valence-electron chi connectivity index (χ3n) is 2.39. The van der Waals surface area contributed by atoms with Crippen LogP contribution in [-0.2, 0) is 4.74 Å². The highest BCUT2D eigenvalue weighted by molar-refractivity contribution is 6.30. The van der Waals surface area contributed by atoms with Crippen LogP contribution in [0.25, 0.3) is 0 Å². The van der Waals surface area contributed by atoms with Gasteiger partial charge < -0.3 is 10.1 Å². The van der Waals surface area contributed by atoms with E-state index in [0.29, 0.717) is 17.2 Å². The molecule has 1 fully saturated rings. The molecule has 1 atom stereocenters. The molecule has 1 saturated heterocycles. The van der Waals surface area contributed by atoms with Gasteiger partial charge >= 0.3 is 0 Å². The van der Waals surface area contributed by atoms with Crippen molar-refractivity contribution in [1.29, 1.82) is 5.26 Å². The molecule has 1 heterocycles. The van der Waals surface area contributed by atoms with Crippen molar-refractivity contribution in [1.82, 2.24) is 0 Å². The van der Waals surface area contributed by atoms with E-state index < -0.39 is 0 Å². The van der Waals surface area contributed by atoms with Crippen LogP contribution in [0.1, 0.15) is 12.0 Å². The van der Waals surface area contributed by atoms with Crippen LogP contribution < -0.4 is 5.32 Å². The Kier molecular flexibility index (Phi) is 3.10. The molecular formula is C11H11ClN2O. The Hall–Kier alpha value is -1.24. The number of halogens is 1. The van der Waals surface area contributed by atoms with E-state index in [0.717, 1.165) is 18.7 Å². The highest BCUT2D eigenvalue weighted by Gasteiger charge is 2.16. The topological polar surface area (TPSA) is 45.0 Å². The molecule has 78 valence electrons. The van der Waals surface area contributed by atoms with E-state index in [1.165, 1.54) is 0 Å². The fraction of sp³-hybridized carbons (Fsp3) is 0.364. The molecule has 0 bridgehead atoms. The van der Waals surface area contributed by atoms with Gasteiger partial charge in [0.1, 0.15) is 6.07 Å². The minimum Gasteiger partial charge on any atom is -0.379 e. The molecule has 1 aromatic carbocycles. The summed E-state index contributed by atoms with van der Waals surface area (Å²) in [6.07, 6.45) is 0.970. The molecule has 15 heavy (non-hydrogen) atoms. The van der Waals surface area contributed by atoms with E-state index in [1.54, 1.807) is 18.2 Å². The second-order valence-electron chi connectivity index (χ2n) is 3.51. The molecule has 0 radical (unpaired) electrons. The number of nitriles is 1. The van der Waals surface area contributed by atoms with Crippen LogP contribution in [-0.4, -0.2) is 19.3 Å². The molecule has 2 rings (SSSR count). The lowest BCUT2D eigenvalue weighted by Crippen LogP contribution is -2.19. The van der Waals surface area contributed by atoms with Gasteiger partial charge in [0, 0.05) is 11.6 Å². The third-order valence-corrected chi connectivity index (χ3v) is 2.63. The lowest BCUT2D eigenvalue weighted by molar-refractivity contribution is 0.195. The van der Waals surface area contributed by atoms with Crippen LogP contribution in [0.3, 0.4) is 0 Å². The number of anilines is 1. The van der Waals surface area contributed by atoms with E-state index in [2.05, 4.69) is 11.4 Å². The first-order chi connectivity index (χ1) is 7.29. The molecule has 0 aliphatic carbocycles. The summed E-state index contributed by atoms with van der Waals surface area (Å²) in [4.78, 5) is 0. The number of ether oxygens (including phenoxy) is 1. The van der Waals surface area contributed by atoms with Crippen molar-refractivity contribution < 1.29 is 4.74 Å². The SMILES string of the molecule is N#Cc1ccc(Cl)cc1NC1CCOC1. The van der Waals surface area contributed by atoms with Crippen LogP contribution in [0.4, 0.5) is 5.69 Å². The maximum Gasteiger partial charge on any atom is 0.101 e. The van der Waals surface area contributed by atoms with E-state index in [9.17, 15) is 0 Å². The number of hydrogen-bond donors (Lipinski definition) is 1. The summed E-state index contributed by atoms with van der Waals surface area (Å²) < 4.78 is 5.25. The maximum atomic E-state index is 8.92. The predicted molar refractivity (Wildman–Crippen MR) is 59.0 cm³/mol. The normalized spacial score (nSPS) is 19.9. The summed E-state index contributed by atoms with van der Waals surface area (Å²) >= 11 is 5.88. The number of nitrogens with zero attached hydrogens (tertiary/aromatic N) is 1. The molecular weight excluding hydrogens is 212 g/mol. The van der Waals surface area contributed by atoms with E-state index in [4.69, 9.17) is 21.6 Å². The van der Waals surface area contributed by atoms with Gasteiger partial charge in [-0.15, -0.1) is 0 Å². The van der Waals surface area contributed by atoms with Gasteiger partial charge in [0.2, 0.25) is 0 Å². The second kappa shape index (κ2) is 4.52. The van der Waals surface area contributed by atoms with Crippen molar-refractivity contribution in [3.8, 4) is 6.07 Å². The first kappa shape index (κ1) is 10.3. The highest BCUT2D eigenvalue weighted by atomic mass is 35.5. The zero-order valence-corrected chi connectivity index (χ0v) is 8.92. The van der Waals surface area contributed by atoms with Crippen LogP contribution in [0, 0.1) is 11.3 Å². The molecule has 0 saturated carbocycles. The largest absolute Gasteiger partial charge is 0.379 e. The molecule has 1 aliphatic rings. The molecule has 1 N–H and O–H groups in total. The van der Waals surface area contributed by atoms with Crippen molar-refractivity contribution in [2.24, 2.45) is 0 Å². The van der Waals surface area contributed by atoms with Crippen molar-refractivity contribution in [3.05, 3.63) is 28.8 Å². The van der Waals surface area contributed by atoms with Crippen LogP contribution in [0.15, 0.2) is 18.2 Å². The summed E-state index contributed by atoms with van der Waals surface area (Å²) in [5.74, 6) is 0. The van der Waals surface area contributed by atoms with Crippen LogP contribution in [0.5, 0.6) is 0 Å². The average Bonchev–Trinajstić information content (AvgIpc) is 2.71. The van der Waals surface area contributed by atoms with Gasteiger partial charge in [-0.2, -0.15) is 5.26 Å². The fourth-order valence-corrected chi connectivity index (χ4v) is 1.77. The first-order valence-corrected chi connectivity index (χ1v) is 5.21. The highest BCUT2D eigenvalue weighted by Crippen LogP contribution is 2.22. The van der Waals surface area contributed by atoms with E-state index in [1.807, 2.05) is 0 Å². The van der Waals surface area contributed by atoms with Crippen molar-refractivity contribution in [2.45, 2.75) is 12.5 Å². The Balaban J connectivity index is 2.18. The van der Waals surface area contributed by atoms with Gasteiger partial charge in [-0.05, 0) is 24.6 Å². The molecule has 1 unspecified atom stereocenters.